The van der Waals surface area contributed by atoms with Crippen molar-refractivity contribution in [3.63, 3.8) is 0 Å². The third-order valence-corrected chi connectivity index (χ3v) is 3.88. The molecule has 0 bridgehead atoms. The van der Waals surface area contributed by atoms with Crippen molar-refractivity contribution in [2.45, 2.75) is 20.8 Å². The average molecular weight is 333 g/mol. The zero-order valence-electron chi connectivity index (χ0n) is 15.4. The second-order valence-electron chi connectivity index (χ2n) is 6.38. The molecule has 2 aromatic carbocycles. The summed E-state index contributed by atoms with van der Waals surface area (Å²) in [5, 5.41) is 0. The largest absolute Gasteiger partial charge is 0.348 e. The predicted molar refractivity (Wildman–Crippen MR) is 102 cm³/mol. The molecule has 0 unspecified atom stereocenters. The van der Waals surface area contributed by atoms with Crippen molar-refractivity contribution in [1.29, 1.82) is 0 Å². The SMILES string of the molecule is Cc1ccc(N=c2nc(C)nc(N(C)C)n2-c2ccc(C)cc2)cc1. The van der Waals surface area contributed by atoms with Gasteiger partial charge in [-0.1, -0.05) is 35.4 Å². The summed E-state index contributed by atoms with van der Waals surface area (Å²) in [5.74, 6) is 1.49. The molecule has 128 valence electrons. The van der Waals surface area contributed by atoms with E-state index in [9.17, 15) is 0 Å². The molecular weight excluding hydrogens is 310 g/mol. The van der Waals surface area contributed by atoms with Crippen LogP contribution in [0.3, 0.4) is 0 Å². The molecule has 0 aliphatic rings. The molecule has 5 nitrogen and oxygen atoms in total. The van der Waals surface area contributed by atoms with Gasteiger partial charge >= 0.3 is 0 Å². The summed E-state index contributed by atoms with van der Waals surface area (Å²) in [6, 6.07) is 16.4. The highest BCUT2D eigenvalue weighted by molar-refractivity contribution is 5.44. The Morgan fingerprint density at radius 3 is 1.92 bits per heavy atom. The van der Waals surface area contributed by atoms with Gasteiger partial charge in [0.2, 0.25) is 11.6 Å². The van der Waals surface area contributed by atoms with Crippen LogP contribution in [-0.4, -0.2) is 28.6 Å². The smallest absolute Gasteiger partial charge is 0.239 e. The van der Waals surface area contributed by atoms with Gasteiger partial charge in [0.15, 0.2) is 0 Å². The molecule has 0 radical (unpaired) electrons. The van der Waals surface area contributed by atoms with E-state index in [1.165, 1.54) is 11.1 Å². The summed E-state index contributed by atoms with van der Waals surface area (Å²) in [6.45, 7) is 6.03. The monoisotopic (exact) mass is 333 g/mol. The topological polar surface area (TPSA) is 46.3 Å². The summed E-state index contributed by atoms with van der Waals surface area (Å²) in [5.41, 5.74) is 4.89. The van der Waals surface area contributed by atoms with Crippen molar-refractivity contribution in [3.05, 3.63) is 71.1 Å². The van der Waals surface area contributed by atoms with Crippen molar-refractivity contribution in [3.8, 4) is 5.69 Å². The Morgan fingerprint density at radius 1 is 0.800 bits per heavy atom. The van der Waals surface area contributed by atoms with Crippen LogP contribution in [-0.2, 0) is 0 Å². The molecule has 0 N–H and O–H groups in total. The molecule has 0 aliphatic carbocycles. The molecule has 0 spiro atoms. The van der Waals surface area contributed by atoms with Gasteiger partial charge in [-0.15, -0.1) is 0 Å². The first-order chi connectivity index (χ1) is 11.9. The van der Waals surface area contributed by atoms with Crippen LogP contribution in [0.15, 0.2) is 53.5 Å². The molecule has 0 saturated carbocycles. The van der Waals surface area contributed by atoms with Crippen LogP contribution in [0.5, 0.6) is 0 Å². The van der Waals surface area contributed by atoms with Gasteiger partial charge in [0, 0.05) is 14.1 Å². The van der Waals surface area contributed by atoms with Gasteiger partial charge in [-0.25, -0.2) is 9.56 Å². The van der Waals surface area contributed by atoms with E-state index in [0.717, 1.165) is 17.3 Å². The second kappa shape index (κ2) is 6.89. The highest BCUT2D eigenvalue weighted by Crippen LogP contribution is 2.16. The summed E-state index contributed by atoms with van der Waals surface area (Å²) in [6.07, 6.45) is 0. The lowest BCUT2D eigenvalue weighted by Crippen LogP contribution is -2.30. The van der Waals surface area contributed by atoms with Crippen molar-refractivity contribution in [2.75, 3.05) is 19.0 Å². The maximum Gasteiger partial charge on any atom is 0.239 e. The standard InChI is InChI=1S/C20H23N5/c1-14-6-10-17(11-7-14)23-19-21-16(3)22-20(24(4)5)25(19)18-12-8-15(2)9-13-18/h6-13H,1-5H3. The minimum atomic E-state index is 0.615. The van der Waals surface area contributed by atoms with E-state index < -0.39 is 0 Å². The normalized spacial score (nSPS) is 11.6. The zero-order chi connectivity index (χ0) is 18.0. The molecule has 3 aromatic rings. The van der Waals surface area contributed by atoms with Gasteiger partial charge in [0.1, 0.15) is 5.82 Å². The first-order valence-corrected chi connectivity index (χ1v) is 8.27. The van der Waals surface area contributed by atoms with E-state index in [1.54, 1.807) is 0 Å². The Morgan fingerprint density at radius 2 is 1.36 bits per heavy atom. The molecule has 5 heteroatoms. The fourth-order valence-corrected chi connectivity index (χ4v) is 2.54. The van der Waals surface area contributed by atoms with Gasteiger partial charge in [0.05, 0.1) is 11.4 Å². The molecule has 0 fully saturated rings. The number of aryl methyl sites for hydroxylation is 3. The predicted octanol–water partition coefficient (Wildman–Crippen LogP) is 3.49. The maximum absolute atomic E-state index is 4.77. The summed E-state index contributed by atoms with van der Waals surface area (Å²) >= 11 is 0. The number of aromatic nitrogens is 3. The first-order valence-electron chi connectivity index (χ1n) is 8.27. The fraction of sp³-hybridized carbons (Fsp3) is 0.250. The molecule has 1 aromatic heterocycles. The summed E-state index contributed by atoms with van der Waals surface area (Å²) in [7, 11) is 3.95. The van der Waals surface area contributed by atoms with Crippen LogP contribution in [0.4, 0.5) is 11.6 Å². The Hall–Kier alpha value is -2.95. The number of rotatable bonds is 3. The highest BCUT2D eigenvalue weighted by Gasteiger charge is 2.11. The van der Waals surface area contributed by atoms with Gasteiger partial charge in [-0.3, -0.25) is 0 Å². The number of hydrogen-bond acceptors (Lipinski definition) is 4. The first kappa shape index (κ1) is 16.9. The minimum absolute atomic E-state index is 0.615. The Balaban J connectivity index is 2.29. The maximum atomic E-state index is 4.77. The molecule has 0 aliphatic heterocycles. The number of benzene rings is 2. The Labute approximate surface area is 148 Å². The van der Waals surface area contributed by atoms with Crippen molar-refractivity contribution >= 4 is 11.6 Å². The number of nitrogens with zero attached hydrogens (tertiary/aromatic N) is 5. The van der Waals surface area contributed by atoms with Crippen LogP contribution in [0.25, 0.3) is 5.69 Å². The number of anilines is 1. The molecule has 0 saturated heterocycles. The molecule has 1 heterocycles. The van der Waals surface area contributed by atoms with Crippen molar-refractivity contribution in [2.24, 2.45) is 4.99 Å². The van der Waals surface area contributed by atoms with E-state index in [2.05, 4.69) is 60.2 Å². The van der Waals surface area contributed by atoms with Gasteiger partial charge in [-0.05, 0) is 45.0 Å². The van der Waals surface area contributed by atoms with Gasteiger partial charge < -0.3 is 4.90 Å². The van der Waals surface area contributed by atoms with Crippen LogP contribution in [0, 0.1) is 20.8 Å². The second-order valence-corrected chi connectivity index (χ2v) is 6.38. The van der Waals surface area contributed by atoms with Crippen LogP contribution >= 0.6 is 0 Å². The van der Waals surface area contributed by atoms with Crippen LogP contribution in [0.2, 0.25) is 0 Å². The average Bonchev–Trinajstić information content (AvgIpc) is 2.57. The van der Waals surface area contributed by atoms with E-state index in [4.69, 9.17) is 4.99 Å². The summed E-state index contributed by atoms with van der Waals surface area (Å²) in [4.78, 5) is 15.9. The molecule has 0 amide bonds. The molecule has 3 rings (SSSR count). The van der Waals surface area contributed by atoms with Gasteiger partial charge in [0.25, 0.3) is 0 Å². The molecule has 0 atom stereocenters. The number of hydrogen-bond donors (Lipinski definition) is 0. The zero-order valence-corrected chi connectivity index (χ0v) is 15.4. The highest BCUT2D eigenvalue weighted by atomic mass is 15.3. The molecular formula is C20H23N5. The lowest BCUT2D eigenvalue weighted by atomic mass is 10.2. The van der Waals surface area contributed by atoms with Crippen LogP contribution in [0.1, 0.15) is 17.0 Å². The quantitative estimate of drug-likeness (QED) is 0.737. The Bertz CT molecular complexity index is 935. The van der Waals surface area contributed by atoms with Gasteiger partial charge in [-0.2, -0.15) is 9.97 Å². The van der Waals surface area contributed by atoms with E-state index in [-0.39, 0.29) is 0 Å². The van der Waals surface area contributed by atoms with Crippen LogP contribution < -0.4 is 10.5 Å². The third-order valence-electron chi connectivity index (χ3n) is 3.88. The van der Waals surface area contributed by atoms with Crippen molar-refractivity contribution in [1.82, 2.24) is 14.5 Å². The van der Waals surface area contributed by atoms with E-state index in [1.807, 2.05) is 42.6 Å². The van der Waals surface area contributed by atoms with Crippen molar-refractivity contribution < 1.29 is 0 Å². The summed E-state index contributed by atoms with van der Waals surface area (Å²) < 4.78 is 1.98. The van der Waals surface area contributed by atoms with E-state index in [0.29, 0.717) is 11.4 Å². The lowest BCUT2D eigenvalue weighted by Gasteiger charge is -2.19. The van der Waals surface area contributed by atoms with E-state index >= 15 is 0 Å². The third kappa shape index (κ3) is 3.76. The fourth-order valence-electron chi connectivity index (χ4n) is 2.54. The lowest BCUT2D eigenvalue weighted by molar-refractivity contribution is 0.778. The molecule has 25 heavy (non-hydrogen) atoms. The Kier molecular flexibility index (Phi) is 4.65. The minimum Gasteiger partial charge on any atom is -0.348 e.